The molecule has 1 amide bonds. The monoisotopic (exact) mass is 221 g/mol. The third kappa shape index (κ3) is 4.69. The third-order valence-corrected chi connectivity index (χ3v) is 3.34. The molecule has 0 aliphatic heterocycles. The molecule has 1 unspecified atom stereocenters. The van der Waals surface area contributed by atoms with Gasteiger partial charge in [-0.3, -0.25) is 4.79 Å². The third-order valence-electron chi connectivity index (χ3n) is 3.34. The second-order valence-corrected chi connectivity index (χ2v) is 4.89. The normalized spacial score (nSPS) is 15.2. The summed E-state index contributed by atoms with van der Waals surface area (Å²) in [6.45, 7) is 10.8. The molecule has 0 aromatic carbocycles. The first-order valence-electron chi connectivity index (χ1n) is 5.95. The van der Waals surface area contributed by atoms with E-state index in [9.17, 15) is 4.79 Å². The number of allylic oxidation sites excluding steroid dienone is 4. The van der Waals surface area contributed by atoms with Gasteiger partial charge in [-0.15, -0.1) is 0 Å². The van der Waals surface area contributed by atoms with E-state index in [4.69, 9.17) is 0 Å². The number of carbonyl (C=O) groups is 1. The molecular weight excluding hydrogens is 197 g/mol. The number of hydrogen-bond acceptors (Lipinski definition) is 1. The van der Waals surface area contributed by atoms with Gasteiger partial charge in [0.25, 0.3) is 0 Å². The Labute approximate surface area is 101 Å². The van der Waals surface area contributed by atoms with Gasteiger partial charge in [0.2, 0.25) is 7.85 Å². The van der Waals surface area contributed by atoms with Crippen molar-refractivity contribution in [3.8, 4) is 0 Å². The smallest absolute Gasteiger partial charge is 0.216 e. The van der Waals surface area contributed by atoms with Gasteiger partial charge in [-0.25, -0.2) is 0 Å². The Morgan fingerprint density at radius 3 is 2.44 bits per heavy atom. The van der Waals surface area contributed by atoms with Gasteiger partial charge in [-0.2, -0.15) is 0 Å². The van der Waals surface area contributed by atoms with E-state index >= 15 is 0 Å². The number of amides is 1. The highest BCUT2D eigenvalue weighted by Crippen LogP contribution is 2.34. The molecule has 3 heteroatoms. The van der Waals surface area contributed by atoms with Crippen LogP contribution in [0.3, 0.4) is 0 Å². The molecule has 0 saturated carbocycles. The lowest BCUT2D eigenvalue weighted by atomic mass is 9.76. The van der Waals surface area contributed by atoms with Crippen molar-refractivity contribution in [2.45, 2.75) is 41.0 Å². The van der Waals surface area contributed by atoms with E-state index in [0.29, 0.717) is 5.92 Å². The molecule has 0 aromatic heterocycles. The van der Waals surface area contributed by atoms with E-state index in [2.05, 4.69) is 33.0 Å². The van der Waals surface area contributed by atoms with Crippen molar-refractivity contribution in [3.63, 3.8) is 0 Å². The van der Waals surface area contributed by atoms with Gasteiger partial charge in [-0.05, 0) is 18.4 Å². The summed E-state index contributed by atoms with van der Waals surface area (Å²) in [5.74, 6) is 0.326. The Morgan fingerprint density at radius 1 is 1.50 bits per heavy atom. The molecule has 0 saturated heterocycles. The molecule has 0 spiro atoms. The van der Waals surface area contributed by atoms with E-state index in [1.807, 2.05) is 25.2 Å². The summed E-state index contributed by atoms with van der Waals surface area (Å²) in [5, 5.41) is 2.93. The van der Waals surface area contributed by atoms with Gasteiger partial charge in [0, 0.05) is 11.6 Å². The molecule has 0 aliphatic rings. The average Bonchev–Trinajstić information content (AvgIpc) is 2.22. The predicted molar refractivity (Wildman–Crippen MR) is 73.2 cm³/mol. The van der Waals surface area contributed by atoms with E-state index in [-0.39, 0.29) is 11.2 Å². The molecule has 0 radical (unpaired) electrons. The summed E-state index contributed by atoms with van der Waals surface area (Å²) in [7, 11) is 1.55. The second kappa shape index (κ2) is 6.57. The van der Waals surface area contributed by atoms with Crippen molar-refractivity contribution in [2.24, 2.45) is 11.3 Å². The summed E-state index contributed by atoms with van der Waals surface area (Å²) < 4.78 is 0. The zero-order valence-electron chi connectivity index (χ0n) is 11.4. The lowest BCUT2D eigenvalue weighted by Gasteiger charge is -2.32. The van der Waals surface area contributed by atoms with E-state index in [1.165, 1.54) is 0 Å². The fourth-order valence-corrected chi connectivity index (χ4v) is 1.42. The number of rotatable bonds is 5. The molecule has 0 fully saturated rings. The molecule has 16 heavy (non-hydrogen) atoms. The van der Waals surface area contributed by atoms with Crippen LogP contribution in [0.2, 0.25) is 0 Å². The van der Waals surface area contributed by atoms with Crippen molar-refractivity contribution < 1.29 is 4.79 Å². The van der Waals surface area contributed by atoms with Crippen LogP contribution in [-0.2, 0) is 0 Å². The largest absolute Gasteiger partial charge is 0.339 e. The maximum Gasteiger partial charge on any atom is 0.216 e. The van der Waals surface area contributed by atoms with Crippen LogP contribution in [0, 0.1) is 11.3 Å². The van der Waals surface area contributed by atoms with E-state index in [0.717, 1.165) is 12.1 Å². The Hall–Kier alpha value is -0.985. The van der Waals surface area contributed by atoms with Crippen LogP contribution >= 0.6 is 0 Å². The molecule has 0 aliphatic carbocycles. The number of nitrogens with one attached hydrogen (secondary N) is 1. The highest BCUT2D eigenvalue weighted by Gasteiger charge is 2.26. The van der Waals surface area contributed by atoms with Gasteiger partial charge in [0.15, 0.2) is 5.81 Å². The van der Waals surface area contributed by atoms with Crippen molar-refractivity contribution in [3.05, 3.63) is 23.9 Å². The summed E-state index contributed by atoms with van der Waals surface area (Å²) in [5.41, 5.74) is 1.19. The molecule has 90 valence electrons. The van der Waals surface area contributed by atoms with E-state index in [1.54, 1.807) is 7.85 Å². The fourth-order valence-electron chi connectivity index (χ4n) is 1.42. The Kier molecular flexibility index (Phi) is 6.16. The molecule has 0 heterocycles. The minimum atomic E-state index is -0.00509. The lowest BCUT2D eigenvalue weighted by molar-refractivity contribution is 0.239. The van der Waals surface area contributed by atoms with Gasteiger partial charge in [0.1, 0.15) is 0 Å². The van der Waals surface area contributed by atoms with Crippen molar-refractivity contribution in [1.29, 1.82) is 0 Å². The van der Waals surface area contributed by atoms with Crippen molar-refractivity contribution in [2.75, 3.05) is 0 Å². The summed E-state index contributed by atoms with van der Waals surface area (Å²) >= 11 is 0. The highest BCUT2D eigenvalue weighted by atomic mass is 16.1. The van der Waals surface area contributed by atoms with Crippen LogP contribution in [-0.4, -0.2) is 13.7 Å². The standard InChI is InChI=1S/C13H24BNO/c1-6-8-9-11(15-12(14)16)10(3)13(4,5)7-2/h6,8-10H,7,14H2,1-5H3,(H,15,16)/b8-6-,11-9+. The summed E-state index contributed by atoms with van der Waals surface area (Å²) in [6, 6.07) is 0. The zero-order chi connectivity index (χ0) is 12.8. The Morgan fingerprint density at radius 2 is 2.06 bits per heavy atom. The molecular formula is C13H24BNO. The van der Waals surface area contributed by atoms with Gasteiger partial charge < -0.3 is 5.32 Å². The Bertz CT molecular complexity index is 292. The first-order valence-corrected chi connectivity index (χ1v) is 5.95. The van der Waals surface area contributed by atoms with Gasteiger partial charge in [0.05, 0.1) is 0 Å². The van der Waals surface area contributed by atoms with Crippen LogP contribution < -0.4 is 5.32 Å². The topological polar surface area (TPSA) is 29.1 Å². The zero-order valence-corrected chi connectivity index (χ0v) is 11.4. The van der Waals surface area contributed by atoms with Gasteiger partial charge >= 0.3 is 0 Å². The highest BCUT2D eigenvalue weighted by molar-refractivity contribution is 6.57. The fraction of sp³-hybridized carbons (Fsp3) is 0.615. The molecule has 1 atom stereocenters. The SMILES string of the molecule is BC(=O)N/C(=C/C=C\C)C(C)C(C)(C)CC. The summed E-state index contributed by atoms with van der Waals surface area (Å²) in [4.78, 5) is 11.2. The van der Waals surface area contributed by atoms with Crippen LogP contribution in [0.15, 0.2) is 23.9 Å². The Balaban J connectivity index is 4.96. The quantitative estimate of drug-likeness (QED) is 0.561. The molecule has 0 rings (SSSR count). The van der Waals surface area contributed by atoms with E-state index < -0.39 is 0 Å². The number of carbonyl (C=O) groups excluding carboxylic acids is 1. The maximum atomic E-state index is 11.2. The summed E-state index contributed by atoms with van der Waals surface area (Å²) in [6.07, 6.45) is 7.01. The second-order valence-electron chi connectivity index (χ2n) is 4.89. The minimum absolute atomic E-state index is 0.00509. The first-order chi connectivity index (χ1) is 7.35. The number of hydrogen-bond donors (Lipinski definition) is 1. The molecule has 0 aromatic rings. The predicted octanol–water partition coefficient (Wildman–Crippen LogP) is 2.86. The van der Waals surface area contributed by atoms with Crippen LogP contribution in [0.25, 0.3) is 0 Å². The van der Waals surface area contributed by atoms with Crippen LogP contribution in [0.4, 0.5) is 4.79 Å². The molecule has 0 bridgehead atoms. The first kappa shape index (κ1) is 15.0. The van der Waals surface area contributed by atoms with Crippen LogP contribution in [0.1, 0.15) is 41.0 Å². The van der Waals surface area contributed by atoms with Crippen LogP contribution in [0.5, 0.6) is 0 Å². The minimum Gasteiger partial charge on any atom is -0.339 e. The van der Waals surface area contributed by atoms with Crippen molar-refractivity contribution >= 4 is 13.7 Å². The lowest BCUT2D eigenvalue weighted by Crippen LogP contribution is -2.32. The van der Waals surface area contributed by atoms with Crippen molar-refractivity contribution in [1.82, 2.24) is 5.32 Å². The maximum absolute atomic E-state index is 11.2. The average molecular weight is 221 g/mol. The molecule has 1 N–H and O–H groups in total. The molecule has 2 nitrogen and oxygen atoms in total. The van der Waals surface area contributed by atoms with Gasteiger partial charge in [-0.1, -0.05) is 46.3 Å².